The van der Waals surface area contributed by atoms with E-state index in [1.165, 1.54) is 23.0 Å². The van der Waals surface area contributed by atoms with Crippen LogP contribution >= 0.6 is 0 Å². The molecule has 23 heavy (non-hydrogen) atoms. The number of aliphatic hydroxyl groups excluding tert-OH is 1. The van der Waals surface area contributed by atoms with Gasteiger partial charge in [-0.1, -0.05) is 30.3 Å². The summed E-state index contributed by atoms with van der Waals surface area (Å²) in [7, 11) is -3.73. The van der Waals surface area contributed by atoms with Gasteiger partial charge >= 0.3 is 0 Å². The largest absolute Gasteiger partial charge is 0.392 e. The van der Waals surface area contributed by atoms with Gasteiger partial charge in [-0.3, -0.25) is 4.72 Å². The van der Waals surface area contributed by atoms with Gasteiger partial charge < -0.3 is 5.11 Å². The fraction of sp³-hybridized carbons (Fsp3) is 0.0625. The maximum absolute atomic E-state index is 12.5. The average molecular weight is 329 g/mol. The van der Waals surface area contributed by atoms with E-state index in [1.54, 1.807) is 18.2 Å². The summed E-state index contributed by atoms with van der Waals surface area (Å²) < 4.78 is 29.0. The standard InChI is InChI=1S/C16H15N3O3S/c20-12-13-6-8-15(9-7-13)23(21,22)18-16-10-11-17-19(16)14-4-2-1-3-5-14/h1-11,18,20H,12H2. The number of para-hydroxylation sites is 1. The predicted octanol–water partition coefficient (Wildman–Crippen LogP) is 2.17. The lowest BCUT2D eigenvalue weighted by Gasteiger charge is -2.11. The highest BCUT2D eigenvalue weighted by Crippen LogP contribution is 2.19. The molecule has 0 aliphatic heterocycles. The highest BCUT2D eigenvalue weighted by molar-refractivity contribution is 7.92. The molecule has 0 fully saturated rings. The second-order valence-electron chi connectivity index (χ2n) is 4.87. The number of aromatic nitrogens is 2. The van der Waals surface area contributed by atoms with Crippen molar-refractivity contribution in [2.45, 2.75) is 11.5 Å². The Morgan fingerprint density at radius 1 is 1.00 bits per heavy atom. The average Bonchev–Trinajstić information content (AvgIpc) is 3.03. The van der Waals surface area contributed by atoms with Crippen LogP contribution in [0, 0.1) is 0 Å². The molecule has 7 heteroatoms. The van der Waals surface area contributed by atoms with Crippen LogP contribution in [0.2, 0.25) is 0 Å². The first kappa shape index (κ1) is 15.3. The minimum absolute atomic E-state index is 0.121. The molecule has 0 bridgehead atoms. The molecule has 0 saturated heterocycles. The van der Waals surface area contributed by atoms with E-state index in [2.05, 4.69) is 9.82 Å². The summed E-state index contributed by atoms with van der Waals surface area (Å²) in [6.07, 6.45) is 1.53. The van der Waals surface area contributed by atoms with Crippen molar-refractivity contribution in [1.29, 1.82) is 0 Å². The van der Waals surface area contributed by atoms with Gasteiger partial charge in [-0.05, 0) is 29.8 Å². The maximum Gasteiger partial charge on any atom is 0.263 e. The van der Waals surface area contributed by atoms with Crippen LogP contribution in [0.15, 0.2) is 71.8 Å². The Labute approximate surface area is 134 Å². The van der Waals surface area contributed by atoms with Gasteiger partial charge in [0.1, 0.15) is 5.82 Å². The number of sulfonamides is 1. The van der Waals surface area contributed by atoms with Crippen LogP contribution < -0.4 is 4.72 Å². The van der Waals surface area contributed by atoms with E-state index in [0.29, 0.717) is 11.4 Å². The van der Waals surface area contributed by atoms with Crippen molar-refractivity contribution in [3.8, 4) is 5.69 Å². The van der Waals surface area contributed by atoms with Crippen molar-refractivity contribution in [2.24, 2.45) is 0 Å². The fourth-order valence-electron chi connectivity index (χ4n) is 2.13. The lowest BCUT2D eigenvalue weighted by molar-refractivity contribution is 0.282. The van der Waals surface area contributed by atoms with E-state index in [9.17, 15) is 8.42 Å². The Hall–Kier alpha value is -2.64. The van der Waals surface area contributed by atoms with Gasteiger partial charge in [0.2, 0.25) is 0 Å². The van der Waals surface area contributed by atoms with Crippen molar-refractivity contribution in [1.82, 2.24) is 9.78 Å². The van der Waals surface area contributed by atoms with Crippen LogP contribution in [-0.4, -0.2) is 23.3 Å². The summed E-state index contributed by atoms with van der Waals surface area (Å²) in [5.74, 6) is 0.349. The second kappa shape index (κ2) is 6.23. The minimum Gasteiger partial charge on any atom is -0.392 e. The number of nitrogens with one attached hydrogen (secondary N) is 1. The number of anilines is 1. The number of rotatable bonds is 5. The molecule has 3 rings (SSSR count). The van der Waals surface area contributed by atoms with Gasteiger partial charge in [-0.25, -0.2) is 13.1 Å². The highest BCUT2D eigenvalue weighted by Gasteiger charge is 2.17. The Bertz CT molecular complexity index is 888. The SMILES string of the molecule is O=S(=O)(Nc1ccnn1-c1ccccc1)c1ccc(CO)cc1. The molecule has 118 valence electrons. The van der Waals surface area contributed by atoms with Gasteiger partial charge in [0.05, 0.1) is 23.4 Å². The van der Waals surface area contributed by atoms with Crippen molar-refractivity contribution < 1.29 is 13.5 Å². The molecule has 0 radical (unpaired) electrons. The smallest absolute Gasteiger partial charge is 0.263 e. The molecule has 2 N–H and O–H groups in total. The number of nitrogens with zero attached hydrogens (tertiary/aromatic N) is 2. The summed E-state index contributed by atoms with van der Waals surface area (Å²) in [6.45, 7) is -0.130. The van der Waals surface area contributed by atoms with Crippen molar-refractivity contribution in [3.05, 3.63) is 72.4 Å². The first-order valence-electron chi connectivity index (χ1n) is 6.92. The number of benzene rings is 2. The monoisotopic (exact) mass is 329 g/mol. The van der Waals surface area contributed by atoms with Gasteiger partial charge in [-0.15, -0.1) is 0 Å². The van der Waals surface area contributed by atoms with E-state index >= 15 is 0 Å². The Kier molecular flexibility index (Phi) is 4.14. The molecule has 0 aliphatic rings. The van der Waals surface area contributed by atoms with E-state index in [1.807, 2.05) is 30.3 Å². The summed E-state index contributed by atoms with van der Waals surface area (Å²) in [5, 5.41) is 13.2. The topological polar surface area (TPSA) is 84.2 Å². The molecule has 0 unspecified atom stereocenters. The van der Waals surface area contributed by atoms with Gasteiger partial charge in [-0.2, -0.15) is 5.10 Å². The van der Waals surface area contributed by atoms with Crippen molar-refractivity contribution in [3.63, 3.8) is 0 Å². The summed E-state index contributed by atoms with van der Waals surface area (Å²) in [5.41, 5.74) is 1.41. The minimum atomic E-state index is -3.73. The molecule has 0 aliphatic carbocycles. The van der Waals surface area contributed by atoms with Crippen LogP contribution in [0.4, 0.5) is 5.82 Å². The first-order valence-corrected chi connectivity index (χ1v) is 8.40. The Morgan fingerprint density at radius 3 is 2.35 bits per heavy atom. The summed E-state index contributed by atoms with van der Waals surface area (Å²) in [6, 6.07) is 16.9. The first-order chi connectivity index (χ1) is 11.1. The predicted molar refractivity (Wildman–Crippen MR) is 86.7 cm³/mol. The van der Waals surface area contributed by atoms with Crippen LogP contribution in [0.5, 0.6) is 0 Å². The summed E-state index contributed by atoms with van der Waals surface area (Å²) >= 11 is 0. The van der Waals surface area contributed by atoms with Crippen LogP contribution in [0.3, 0.4) is 0 Å². The molecular formula is C16H15N3O3S. The second-order valence-corrected chi connectivity index (χ2v) is 6.55. The van der Waals surface area contributed by atoms with Crippen molar-refractivity contribution >= 4 is 15.8 Å². The van der Waals surface area contributed by atoms with Gasteiger partial charge in [0, 0.05) is 6.07 Å². The lowest BCUT2D eigenvalue weighted by atomic mass is 10.2. The third-order valence-corrected chi connectivity index (χ3v) is 4.67. The zero-order valence-corrected chi connectivity index (χ0v) is 12.9. The highest BCUT2D eigenvalue weighted by atomic mass is 32.2. The van der Waals surface area contributed by atoms with E-state index in [-0.39, 0.29) is 11.5 Å². The van der Waals surface area contributed by atoms with Crippen LogP contribution in [0.1, 0.15) is 5.56 Å². The zero-order chi connectivity index (χ0) is 16.3. The number of aliphatic hydroxyl groups is 1. The summed E-state index contributed by atoms with van der Waals surface area (Å²) in [4.78, 5) is 0.121. The van der Waals surface area contributed by atoms with Crippen LogP contribution in [-0.2, 0) is 16.6 Å². The fourth-order valence-corrected chi connectivity index (χ4v) is 3.17. The molecule has 0 atom stereocenters. The third-order valence-electron chi connectivity index (χ3n) is 3.30. The maximum atomic E-state index is 12.5. The molecule has 1 heterocycles. The molecule has 6 nitrogen and oxygen atoms in total. The number of hydrogen-bond acceptors (Lipinski definition) is 4. The normalized spacial score (nSPS) is 11.3. The van der Waals surface area contributed by atoms with Gasteiger partial charge in [0.15, 0.2) is 0 Å². The molecule has 0 amide bonds. The van der Waals surface area contributed by atoms with E-state index in [4.69, 9.17) is 5.11 Å². The van der Waals surface area contributed by atoms with Crippen LogP contribution in [0.25, 0.3) is 5.69 Å². The van der Waals surface area contributed by atoms with Gasteiger partial charge in [0.25, 0.3) is 10.0 Å². The molecule has 0 spiro atoms. The van der Waals surface area contributed by atoms with Crippen molar-refractivity contribution in [2.75, 3.05) is 4.72 Å². The van der Waals surface area contributed by atoms with E-state index in [0.717, 1.165) is 5.69 Å². The molecule has 0 saturated carbocycles. The molecule has 2 aromatic carbocycles. The quantitative estimate of drug-likeness (QED) is 0.751. The Balaban J connectivity index is 1.91. The van der Waals surface area contributed by atoms with E-state index < -0.39 is 10.0 Å². The lowest BCUT2D eigenvalue weighted by Crippen LogP contribution is -2.16. The molecular weight excluding hydrogens is 314 g/mol. The zero-order valence-electron chi connectivity index (χ0n) is 12.1. The number of hydrogen-bond donors (Lipinski definition) is 2. The Morgan fingerprint density at radius 2 is 1.70 bits per heavy atom. The third kappa shape index (κ3) is 3.25. The molecule has 3 aromatic rings. The molecule has 1 aromatic heterocycles.